The molecule has 1 amide bonds. The van der Waals surface area contributed by atoms with Crippen LogP contribution in [0.15, 0.2) is 36.7 Å². The fourth-order valence-corrected chi connectivity index (χ4v) is 6.48. The first-order valence-electron chi connectivity index (χ1n) is 13.4. The van der Waals surface area contributed by atoms with Crippen molar-refractivity contribution in [2.45, 2.75) is 58.6 Å². The second-order valence-electron chi connectivity index (χ2n) is 11.5. The van der Waals surface area contributed by atoms with Crippen LogP contribution in [0.25, 0.3) is 16.4 Å². The molecule has 0 radical (unpaired) electrons. The van der Waals surface area contributed by atoms with Crippen molar-refractivity contribution >= 4 is 22.8 Å². The lowest BCUT2D eigenvalue weighted by atomic mass is 9.88. The molecule has 2 unspecified atom stereocenters. The number of rotatable bonds is 6. The Morgan fingerprint density at radius 1 is 1.16 bits per heavy atom. The van der Waals surface area contributed by atoms with Gasteiger partial charge in [0.15, 0.2) is 10.8 Å². The molecule has 4 atom stereocenters. The maximum atomic E-state index is 13.3. The van der Waals surface area contributed by atoms with Gasteiger partial charge >= 0.3 is 0 Å². The van der Waals surface area contributed by atoms with Crippen LogP contribution in [0.2, 0.25) is 0 Å². The predicted octanol–water partition coefficient (Wildman–Crippen LogP) is 4.85. The molecule has 1 saturated carbocycles. The van der Waals surface area contributed by atoms with Crippen LogP contribution in [-0.4, -0.2) is 49.9 Å². The number of hydrogen-bond donors (Lipinski definition) is 1. The van der Waals surface area contributed by atoms with Gasteiger partial charge in [0.25, 0.3) is 5.91 Å². The molecule has 2 fully saturated rings. The van der Waals surface area contributed by atoms with Crippen LogP contribution >= 0.6 is 11.3 Å². The van der Waals surface area contributed by atoms with E-state index >= 15 is 0 Å². The van der Waals surface area contributed by atoms with Crippen molar-refractivity contribution in [3.8, 4) is 16.7 Å². The molecule has 0 aromatic carbocycles. The number of carbonyl (C=O) groups is 1. The van der Waals surface area contributed by atoms with E-state index in [4.69, 9.17) is 15.5 Å². The van der Waals surface area contributed by atoms with Crippen LogP contribution in [0.4, 0.5) is 0 Å². The Bertz CT molecular complexity index is 1380. The number of nitrogens with two attached hydrogens (primary N) is 1. The van der Waals surface area contributed by atoms with E-state index < -0.39 is 5.54 Å². The molecule has 9 heteroatoms. The van der Waals surface area contributed by atoms with E-state index in [1.165, 1.54) is 23.3 Å². The summed E-state index contributed by atoms with van der Waals surface area (Å²) in [6.07, 6.45) is 9.05. The number of ether oxygens (including phenoxy) is 1. The van der Waals surface area contributed by atoms with E-state index in [9.17, 15) is 4.79 Å². The summed E-state index contributed by atoms with van der Waals surface area (Å²) in [6.45, 7) is 9.55. The van der Waals surface area contributed by atoms with Crippen LogP contribution in [0.1, 0.15) is 66.7 Å². The molecular weight excluding hydrogens is 496 g/mol. The number of pyridine rings is 1. The molecule has 8 nitrogen and oxygen atoms in total. The summed E-state index contributed by atoms with van der Waals surface area (Å²) in [7, 11) is 0. The molecular formula is C29H34N6O2S. The number of hydrogen-bond acceptors (Lipinski definition) is 8. The Balaban J connectivity index is 1.14. The van der Waals surface area contributed by atoms with Crippen LogP contribution in [0.5, 0.6) is 5.88 Å². The van der Waals surface area contributed by atoms with Crippen molar-refractivity contribution in [2.75, 3.05) is 13.1 Å². The van der Waals surface area contributed by atoms with Crippen LogP contribution in [-0.2, 0) is 5.54 Å². The smallest absolute Gasteiger partial charge is 0.265 e. The number of aromatic nitrogens is 4. The fourth-order valence-electron chi connectivity index (χ4n) is 5.50. The van der Waals surface area contributed by atoms with Gasteiger partial charge in [-0.2, -0.15) is 0 Å². The second kappa shape index (κ2) is 9.54. The topological polar surface area (TPSA) is 107 Å². The van der Waals surface area contributed by atoms with E-state index in [2.05, 4.69) is 34.0 Å². The van der Waals surface area contributed by atoms with Crippen molar-refractivity contribution in [3.63, 3.8) is 0 Å². The molecule has 38 heavy (non-hydrogen) atoms. The summed E-state index contributed by atoms with van der Waals surface area (Å²) in [4.78, 5) is 33.9. The summed E-state index contributed by atoms with van der Waals surface area (Å²) in [5.41, 5.74) is 10.0. The second-order valence-corrected chi connectivity index (χ2v) is 12.5. The maximum Gasteiger partial charge on any atom is 0.265 e. The highest BCUT2D eigenvalue weighted by Crippen LogP contribution is 2.48. The molecule has 6 rings (SSSR count). The number of fused-ring (bicyclic) bond motifs is 1. The first kappa shape index (κ1) is 25.1. The Kier molecular flexibility index (Phi) is 6.31. The monoisotopic (exact) mass is 530 g/mol. The van der Waals surface area contributed by atoms with Gasteiger partial charge in [0, 0.05) is 48.9 Å². The molecule has 1 aliphatic heterocycles. The largest absolute Gasteiger partial charge is 0.474 e. The zero-order valence-electron chi connectivity index (χ0n) is 22.3. The number of amides is 1. The lowest BCUT2D eigenvalue weighted by Gasteiger charge is -2.24. The normalized spacial score (nSPS) is 24.7. The predicted molar refractivity (Wildman–Crippen MR) is 148 cm³/mol. The lowest BCUT2D eigenvalue weighted by Crippen LogP contribution is -2.33. The summed E-state index contributed by atoms with van der Waals surface area (Å²) in [5, 5.41) is 0.671. The van der Waals surface area contributed by atoms with Crippen LogP contribution in [0.3, 0.4) is 0 Å². The van der Waals surface area contributed by atoms with Gasteiger partial charge in [0.1, 0.15) is 11.0 Å². The third-order valence-electron chi connectivity index (χ3n) is 7.96. The average molecular weight is 531 g/mol. The molecule has 3 aromatic heterocycles. The fraction of sp³-hybridized carbons (Fsp3) is 0.483. The minimum Gasteiger partial charge on any atom is -0.474 e. The minimum absolute atomic E-state index is 0.0267. The molecule has 0 bridgehead atoms. The number of nitrogens with zero attached hydrogens (tertiary/aromatic N) is 5. The van der Waals surface area contributed by atoms with Gasteiger partial charge in [-0.05, 0) is 69.2 Å². The number of piperidine rings is 1. The van der Waals surface area contributed by atoms with Gasteiger partial charge in [0.05, 0.1) is 11.4 Å². The Hall–Kier alpha value is -3.17. The molecule has 2 aliphatic carbocycles. The van der Waals surface area contributed by atoms with Crippen molar-refractivity contribution in [2.24, 2.45) is 23.5 Å². The van der Waals surface area contributed by atoms with E-state index in [1.807, 2.05) is 31.7 Å². The zero-order valence-corrected chi connectivity index (χ0v) is 23.2. The van der Waals surface area contributed by atoms with Gasteiger partial charge in [-0.25, -0.2) is 19.9 Å². The number of allylic oxidation sites excluding steroid dienone is 2. The third-order valence-corrected chi connectivity index (χ3v) is 9.10. The van der Waals surface area contributed by atoms with Gasteiger partial charge < -0.3 is 15.4 Å². The summed E-state index contributed by atoms with van der Waals surface area (Å²) in [5.74, 6) is 2.56. The Morgan fingerprint density at radius 3 is 2.55 bits per heavy atom. The molecule has 0 spiro atoms. The van der Waals surface area contributed by atoms with Crippen molar-refractivity contribution in [3.05, 3.63) is 58.5 Å². The number of likely N-dealkylation sites (tertiary alicyclic amines) is 1. The van der Waals surface area contributed by atoms with Crippen LogP contribution < -0.4 is 10.5 Å². The molecule has 3 aliphatic rings. The lowest BCUT2D eigenvalue weighted by molar-refractivity contribution is 0.0755. The van der Waals surface area contributed by atoms with Gasteiger partial charge in [-0.3, -0.25) is 4.79 Å². The van der Waals surface area contributed by atoms with Crippen molar-refractivity contribution < 1.29 is 9.53 Å². The average Bonchev–Trinajstić information content (AvgIpc) is 3.22. The Labute approximate surface area is 227 Å². The number of aryl methyl sites for hydroxylation is 1. The first-order valence-corrected chi connectivity index (χ1v) is 14.2. The molecule has 1 saturated heterocycles. The standard InChI is InChI=1S/C29H34N6O2S/c1-16-6-8-18(9-7-16)22-12-19(29(3,4)30)13-23(34-22)37-24-20-14-35(15-21(20)24)28(36)25-17(2)33-27(38-25)26-31-10-5-11-32-26/h5,8,10-13,16,20-21,24H,6-7,9,14-15,30H2,1-4H3/t16?,20-,21+,24?. The highest BCUT2D eigenvalue weighted by Gasteiger charge is 2.59. The van der Waals surface area contributed by atoms with E-state index in [0.29, 0.717) is 52.4 Å². The highest BCUT2D eigenvalue weighted by atomic mass is 32.1. The quantitative estimate of drug-likeness (QED) is 0.485. The van der Waals surface area contributed by atoms with E-state index in [0.717, 1.165) is 29.8 Å². The SMILES string of the molecule is Cc1nc(-c2ncccn2)sc1C(=O)N1C[C@@H]2C(Oc3cc(C(C)(C)N)cc(C4=CCC(C)CC4)n3)[C@@H]2C1. The van der Waals surface area contributed by atoms with E-state index in [1.54, 1.807) is 18.5 Å². The van der Waals surface area contributed by atoms with Gasteiger partial charge in [-0.15, -0.1) is 11.3 Å². The summed E-state index contributed by atoms with van der Waals surface area (Å²) in [6, 6.07) is 5.87. The maximum absolute atomic E-state index is 13.3. The summed E-state index contributed by atoms with van der Waals surface area (Å²) >= 11 is 1.36. The third kappa shape index (κ3) is 4.85. The molecule has 198 valence electrons. The first-order chi connectivity index (χ1) is 18.2. The molecule has 4 heterocycles. The highest BCUT2D eigenvalue weighted by molar-refractivity contribution is 7.17. The van der Waals surface area contributed by atoms with Crippen molar-refractivity contribution in [1.82, 2.24) is 24.8 Å². The van der Waals surface area contributed by atoms with Gasteiger partial charge in [-0.1, -0.05) is 13.0 Å². The minimum atomic E-state index is -0.489. The van der Waals surface area contributed by atoms with Crippen molar-refractivity contribution in [1.29, 1.82) is 0 Å². The molecule has 3 aromatic rings. The summed E-state index contributed by atoms with van der Waals surface area (Å²) < 4.78 is 6.44. The van der Waals surface area contributed by atoms with Gasteiger partial charge in [0.2, 0.25) is 5.88 Å². The van der Waals surface area contributed by atoms with E-state index in [-0.39, 0.29) is 12.0 Å². The zero-order chi connectivity index (χ0) is 26.6. The Morgan fingerprint density at radius 2 is 1.89 bits per heavy atom. The number of thiazole rings is 1. The number of carbonyl (C=O) groups excluding carboxylic acids is 1. The molecule has 2 N–H and O–H groups in total. The van der Waals surface area contributed by atoms with Crippen LogP contribution in [0, 0.1) is 24.7 Å².